The van der Waals surface area contributed by atoms with Crippen LogP contribution >= 0.6 is 0 Å². The van der Waals surface area contributed by atoms with Gasteiger partial charge in [0.15, 0.2) is 0 Å². The fourth-order valence-corrected chi connectivity index (χ4v) is 2.67. The molecule has 4 heteroatoms. The van der Waals surface area contributed by atoms with Crippen molar-refractivity contribution in [3.63, 3.8) is 0 Å². The number of hydrogen-bond acceptors (Lipinski definition) is 2. The molecule has 2 N–H and O–H groups in total. The van der Waals surface area contributed by atoms with Gasteiger partial charge in [-0.15, -0.1) is 0 Å². The zero-order valence-electron chi connectivity index (χ0n) is 11.2. The molecule has 1 aliphatic rings. The normalized spacial score (nSPS) is 19.1. The van der Waals surface area contributed by atoms with Gasteiger partial charge in [-0.2, -0.15) is 0 Å². The highest BCUT2D eigenvalue weighted by atomic mass is 19.1. The van der Waals surface area contributed by atoms with Crippen molar-refractivity contribution in [3.8, 4) is 0 Å². The van der Waals surface area contributed by atoms with Gasteiger partial charge in [0.25, 0.3) is 0 Å². The third-order valence-corrected chi connectivity index (χ3v) is 3.99. The molecular weight excluding hydrogens is 245 g/mol. The summed E-state index contributed by atoms with van der Waals surface area (Å²) < 4.78 is 13.2. The van der Waals surface area contributed by atoms with E-state index in [1.807, 2.05) is 0 Å². The molecule has 0 aliphatic heterocycles. The summed E-state index contributed by atoms with van der Waals surface area (Å²) in [5.74, 6) is -0.906. The first-order chi connectivity index (χ1) is 9.06. The number of carbonyl (C=O) groups is 1. The summed E-state index contributed by atoms with van der Waals surface area (Å²) in [4.78, 5) is 12.2. The average Bonchev–Trinajstić information content (AvgIpc) is 2.87. The molecule has 3 nitrogen and oxygen atoms in total. The van der Waals surface area contributed by atoms with Gasteiger partial charge in [-0.25, -0.2) is 4.39 Å². The Bertz CT molecular complexity index is 455. The lowest BCUT2D eigenvalue weighted by Crippen LogP contribution is -2.50. The minimum absolute atomic E-state index is 0.0331. The molecule has 2 rings (SSSR count). The second kappa shape index (κ2) is 5.70. The van der Waals surface area contributed by atoms with Gasteiger partial charge < -0.3 is 10.4 Å². The number of hydrogen-bond donors (Lipinski definition) is 2. The number of aliphatic hydroxyl groups excluding tert-OH is 1. The lowest BCUT2D eigenvalue weighted by molar-refractivity contribution is -0.124. The second-order valence-electron chi connectivity index (χ2n) is 5.41. The fraction of sp³-hybridized carbons (Fsp3) is 0.533. The molecule has 19 heavy (non-hydrogen) atoms. The van der Waals surface area contributed by atoms with Crippen molar-refractivity contribution < 1.29 is 14.3 Å². The number of carbonyl (C=O) groups excluding carboxylic acids is 1. The van der Waals surface area contributed by atoms with E-state index in [1.165, 1.54) is 12.1 Å². The van der Waals surface area contributed by atoms with E-state index in [0.717, 1.165) is 25.7 Å². The number of halogens is 1. The second-order valence-corrected chi connectivity index (χ2v) is 5.41. The minimum atomic E-state index is -0.474. The van der Waals surface area contributed by atoms with E-state index < -0.39 is 11.5 Å². The van der Waals surface area contributed by atoms with Crippen LogP contribution in [0.5, 0.6) is 0 Å². The van der Waals surface area contributed by atoms with Crippen LogP contribution in [0.4, 0.5) is 4.39 Å². The molecule has 0 aromatic heterocycles. The summed E-state index contributed by atoms with van der Waals surface area (Å²) in [7, 11) is 0. The van der Waals surface area contributed by atoms with Gasteiger partial charge in [0.1, 0.15) is 5.82 Å². The monoisotopic (exact) mass is 265 g/mol. The lowest BCUT2D eigenvalue weighted by Gasteiger charge is -2.29. The van der Waals surface area contributed by atoms with E-state index in [9.17, 15) is 14.3 Å². The summed E-state index contributed by atoms with van der Waals surface area (Å²) in [5.41, 5.74) is 0.183. The van der Waals surface area contributed by atoms with E-state index >= 15 is 0 Å². The molecule has 0 radical (unpaired) electrons. The Morgan fingerprint density at radius 1 is 1.47 bits per heavy atom. The predicted molar refractivity (Wildman–Crippen MR) is 71.2 cm³/mol. The zero-order valence-corrected chi connectivity index (χ0v) is 11.2. The van der Waals surface area contributed by atoms with Gasteiger partial charge in [0.05, 0.1) is 18.1 Å². The maximum Gasteiger partial charge on any atom is 0.227 e. The zero-order chi connectivity index (χ0) is 13.9. The van der Waals surface area contributed by atoms with E-state index in [-0.39, 0.29) is 18.3 Å². The molecule has 1 unspecified atom stereocenters. The lowest BCUT2D eigenvalue weighted by atomic mass is 9.95. The Hall–Kier alpha value is -1.42. The molecule has 0 bridgehead atoms. The molecular formula is C15H20FNO2. The number of nitrogens with one attached hydrogen (secondary N) is 1. The van der Waals surface area contributed by atoms with Crippen LogP contribution in [0.25, 0.3) is 0 Å². The quantitative estimate of drug-likeness (QED) is 0.878. The van der Waals surface area contributed by atoms with E-state index in [4.69, 9.17) is 0 Å². The van der Waals surface area contributed by atoms with Crippen molar-refractivity contribution in [1.82, 2.24) is 5.32 Å². The first-order valence-electron chi connectivity index (χ1n) is 6.75. The van der Waals surface area contributed by atoms with Crippen molar-refractivity contribution in [3.05, 3.63) is 35.6 Å². The third-order valence-electron chi connectivity index (χ3n) is 3.99. The molecule has 1 amide bonds. The topological polar surface area (TPSA) is 49.3 Å². The minimum Gasteiger partial charge on any atom is -0.394 e. The highest BCUT2D eigenvalue weighted by Crippen LogP contribution is 2.30. The maximum absolute atomic E-state index is 13.2. The molecule has 0 heterocycles. The molecule has 1 atom stereocenters. The molecule has 1 aromatic carbocycles. The Morgan fingerprint density at radius 3 is 2.74 bits per heavy atom. The first-order valence-corrected chi connectivity index (χ1v) is 6.75. The molecule has 1 saturated carbocycles. The van der Waals surface area contributed by atoms with Crippen LogP contribution in [-0.2, 0) is 4.79 Å². The fourth-order valence-electron chi connectivity index (χ4n) is 2.67. The van der Waals surface area contributed by atoms with Crippen molar-refractivity contribution in [2.75, 3.05) is 6.61 Å². The Labute approximate surface area is 112 Å². The number of rotatable bonds is 4. The number of aliphatic hydroxyl groups is 1. The largest absolute Gasteiger partial charge is 0.394 e. The Balaban J connectivity index is 2.07. The van der Waals surface area contributed by atoms with Crippen molar-refractivity contribution in [2.45, 2.75) is 44.1 Å². The standard InChI is InChI=1S/C15H20FNO2/c1-11(12-5-4-6-13(16)9-12)14(19)17-15(10-18)7-2-3-8-15/h4-6,9,11,18H,2-3,7-8,10H2,1H3,(H,17,19). The first kappa shape index (κ1) is 14.0. The maximum atomic E-state index is 13.2. The predicted octanol–water partition coefficient (Wildman–Crippen LogP) is 2.35. The van der Waals surface area contributed by atoms with Crippen LogP contribution in [0.15, 0.2) is 24.3 Å². The third kappa shape index (κ3) is 3.13. The smallest absolute Gasteiger partial charge is 0.227 e. The van der Waals surface area contributed by atoms with E-state index in [0.29, 0.717) is 5.56 Å². The highest BCUT2D eigenvalue weighted by Gasteiger charge is 2.35. The molecule has 1 aromatic rings. The van der Waals surface area contributed by atoms with Crippen LogP contribution in [0.2, 0.25) is 0 Å². The van der Waals surface area contributed by atoms with Crippen molar-refractivity contribution >= 4 is 5.91 Å². The summed E-state index contributed by atoms with van der Waals surface area (Å²) in [6, 6.07) is 6.09. The van der Waals surface area contributed by atoms with Crippen LogP contribution < -0.4 is 5.32 Å². The molecule has 1 fully saturated rings. The van der Waals surface area contributed by atoms with Gasteiger partial charge >= 0.3 is 0 Å². The summed E-state index contributed by atoms with van der Waals surface area (Å²) >= 11 is 0. The molecule has 0 spiro atoms. The summed E-state index contributed by atoms with van der Waals surface area (Å²) in [5, 5.41) is 12.4. The Morgan fingerprint density at radius 2 is 2.16 bits per heavy atom. The SMILES string of the molecule is CC(C(=O)NC1(CO)CCCC1)c1cccc(F)c1. The van der Waals surface area contributed by atoms with Gasteiger partial charge in [0, 0.05) is 0 Å². The Kier molecular flexibility index (Phi) is 4.20. The average molecular weight is 265 g/mol. The van der Waals surface area contributed by atoms with Crippen LogP contribution in [0.3, 0.4) is 0 Å². The van der Waals surface area contributed by atoms with Crippen molar-refractivity contribution in [2.24, 2.45) is 0 Å². The van der Waals surface area contributed by atoms with Crippen LogP contribution in [0, 0.1) is 5.82 Å². The van der Waals surface area contributed by atoms with E-state index in [2.05, 4.69) is 5.32 Å². The highest BCUT2D eigenvalue weighted by molar-refractivity contribution is 5.84. The molecule has 104 valence electrons. The molecule has 1 aliphatic carbocycles. The van der Waals surface area contributed by atoms with Crippen molar-refractivity contribution in [1.29, 1.82) is 0 Å². The number of amides is 1. The summed E-state index contributed by atoms with van der Waals surface area (Å²) in [6.45, 7) is 1.72. The van der Waals surface area contributed by atoms with Crippen LogP contribution in [0.1, 0.15) is 44.1 Å². The van der Waals surface area contributed by atoms with Gasteiger partial charge in [0.2, 0.25) is 5.91 Å². The van der Waals surface area contributed by atoms with Gasteiger partial charge in [-0.3, -0.25) is 4.79 Å². The van der Waals surface area contributed by atoms with Gasteiger partial charge in [-0.1, -0.05) is 25.0 Å². The van der Waals surface area contributed by atoms with E-state index in [1.54, 1.807) is 19.1 Å². The van der Waals surface area contributed by atoms with Gasteiger partial charge in [-0.05, 0) is 37.5 Å². The summed E-state index contributed by atoms with van der Waals surface area (Å²) in [6.07, 6.45) is 3.67. The molecule has 0 saturated heterocycles. The number of benzene rings is 1. The van der Waals surface area contributed by atoms with Crippen LogP contribution in [-0.4, -0.2) is 23.2 Å².